The smallest absolute Gasteiger partial charge is 0.325 e. The van der Waals surface area contributed by atoms with Crippen molar-refractivity contribution in [1.29, 1.82) is 0 Å². The van der Waals surface area contributed by atoms with E-state index < -0.39 is 5.97 Å². The largest absolute Gasteiger partial charge is 0.458 e. The molecule has 0 atom stereocenters. The van der Waals surface area contributed by atoms with Gasteiger partial charge in [-0.2, -0.15) is 0 Å². The fourth-order valence-corrected chi connectivity index (χ4v) is 2.41. The average Bonchev–Trinajstić information content (AvgIpc) is 2.91. The number of benzene rings is 1. The molecule has 0 radical (unpaired) electrons. The molecule has 2 aromatic rings. The van der Waals surface area contributed by atoms with Gasteiger partial charge in [-0.15, -0.1) is 11.3 Å². The summed E-state index contributed by atoms with van der Waals surface area (Å²) in [6.45, 7) is 5.78. The van der Waals surface area contributed by atoms with Crippen molar-refractivity contribution in [2.45, 2.75) is 27.4 Å². The normalized spacial score (nSPS) is 10.3. The van der Waals surface area contributed by atoms with Gasteiger partial charge in [0.25, 0.3) is 5.91 Å². The molecule has 5 nitrogen and oxygen atoms in total. The molecule has 0 saturated heterocycles. The first-order chi connectivity index (χ1) is 10.5. The number of nitrogens with one attached hydrogen (secondary N) is 1. The van der Waals surface area contributed by atoms with Gasteiger partial charge in [0.2, 0.25) is 0 Å². The highest BCUT2D eigenvalue weighted by molar-refractivity contribution is 7.09. The number of esters is 1. The first-order valence-corrected chi connectivity index (χ1v) is 7.76. The van der Waals surface area contributed by atoms with Crippen LogP contribution >= 0.6 is 11.3 Å². The molecule has 116 valence electrons. The van der Waals surface area contributed by atoms with E-state index >= 15 is 0 Å². The second-order valence-corrected chi connectivity index (χ2v) is 6.06. The van der Waals surface area contributed by atoms with Crippen molar-refractivity contribution in [1.82, 2.24) is 10.3 Å². The number of aryl methyl sites for hydroxylation is 3. The molecule has 0 aliphatic heterocycles. The molecule has 0 bridgehead atoms. The quantitative estimate of drug-likeness (QED) is 0.860. The molecule has 22 heavy (non-hydrogen) atoms. The molecule has 0 unspecified atom stereocenters. The van der Waals surface area contributed by atoms with Crippen LogP contribution in [-0.4, -0.2) is 23.4 Å². The van der Waals surface area contributed by atoms with Crippen LogP contribution in [-0.2, 0) is 16.1 Å². The number of aromatic nitrogens is 1. The third kappa shape index (κ3) is 4.39. The SMILES string of the molecule is Cc1nc(COC(=O)CNC(=O)c2ccc(C)c(C)c2)cs1. The van der Waals surface area contributed by atoms with E-state index in [9.17, 15) is 9.59 Å². The lowest BCUT2D eigenvalue weighted by molar-refractivity contribution is -0.143. The predicted molar refractivity (Wildman–Crippen MR) is 84.9 cm³/mol. The summed E-state index contributed by atoms with van der Waals surface area (Å²) in [5, 5.41) is 5.32. The maximum Gasteiger partial charge on any atom is 0.325 e. The average molecular weight is 318 g/mol. The fraction of sp³-hybridized carbons (Fsp3) is 0.312. The minimum atomic E-state index is -0.483. The van der Waals surface area contributed by atoms with E-state index in [4.69, 9.17) is 4.74 Å². The van der Waals surface area contributed by atoms with Crippen LogP contribution in [0.15, 0.2) is 23.6 Å². The van der Waals surface area contributed by atoms with Crippen molar-refractivity contribution >= 4 is 23.2 Å². The Morgan fingerprint density at radius 2 is 2.00 bits per heavy atom. The van der Waals surface area contributed by atoms with Crippen LogP contribution in [0.3, 0.4) is 0 Å². The number of carbonyl (C=O) groups is 2. The number of nitrogens with zero attached hydrogens (tertiary/aromatic N) is 1. The lowest BCUT2D eigenvalue weighted by Gasteiger charge is -2.07. The van der Waals surface area contributed by atoms with Gasteiger partial charge >= 0.3 is 5.97 Å². The molecule has 1 amide bonds. The zero-order valence-electron chi connectivity index (χ0n) is 12.8. The summed E-state index contributed by atoms with van der Waals surface area (Å²) in [6.07, 6.45) is 0. The lowest BCUT2D eigenvalue weighted by Crippen LogP contribution is -2.30. The number of hydrogen-bond acceptors (Lipinski definition) is 5. The second-order valence-electron chi connectivity index (χ2n) is 5.00. The number of carbonyl (C=O) groups excluding carboxylic acids is 2. The summed E-state index contributed by atoms with van der Waals surface area (Å²) in [7, 11) is 0. The molecule has 0 aliphatic carbocycles. The highest BCUT2D eigenvalue weighted by Gasteiger charge is 2.10. The third-order valence-corrected chi connectivity index (χ3v) is 4.03. The second kappa shape index (κ2) is 7.17. The van der Waals surface area contributed by atoms with E-state index in [2.05, 4.69) is 10.3 Å². The van der Waals surface area contributed by atoms with Crippen LogP contribution in [0.25, 0.3) is 0 Å². The Hall–Kier alpha value is -2.21. The summed E-state index contributed by atoms with van der Waals surface area (Å²) in [4.78, 5) is 27.8. The van der Waals surface area contributed by atoms with E-state index in [1.807, 2.05) is 32.2 Å². The van der Waals surface area contributed by atoms with Crippen molar-refractivity contribution in [3.63, 3.8) is 0 Å². The van der Waals surface area contributed by atoms with Crippen molar-refractivity contribution in [2.24, 2.45) is 0 Å². The molecule has 1 heterocycles. The maximum absolute atomic E-state index is 12.0. The third-order valence-electron chi connectivity index (χ3n) is 3.21. The predicted octanol–water partition coefficient (Wildman–Crippen LogP) is 2.54. The zero-order valence-corrected chi connectivity index (χ0v) is 13.6. The Morgan fingerprint density at radius 1 is 1.23 bits per heavy atom. The lowest BCUT2D eigenvalue weighted by atomic mass is 10.1. The van der Waals surface area contributed by atoms with Gasteiger partial charge in [-0.3, -0.25) is 9.59 Å². The van der Waals surface area contributed by atoms with Gasteiger partial charge < -0.3 is 10.1 Å². The van der Waals surface area contributed by atoms with Gasteiger partial charge in [-0.25, -0.2) is 4.98 Å². The Bertz CT molecular complexity index is 694. The van der Waals surface area contributed by atoms with Gasteiger partial charge in [0.15, 0.2) is 0 Å². The van der Waals surface area contributed by atoms with Crippen molar-refractivity contribution in [3.05, 3.63) is 51.0 Å². The number of thiazole rings is 1. The van der Waals surface area contributed by atoms with E-state index in [-0.39, 0.29) is 19.1 Å². The first-order valence-electron chi connectivity index (χ1n) is 6.88. The van der Waals surface area contributed by atoms with Crippen molar-refractivity contribution in [2.75, 3.05) is 6.54 Å². The van der Waals surface area contributed by atoms with Gasteiger partial charge in [-0.05, 0) is 44.0 Å². The highest BCUT2D eigenvalue weighted by Crippen LogP contribution is 2.10. The van der Waals surface area contributed by atoms with E-state index in [0.29, 0.717) is 5.56 Å². The van der Waals surface area contributed by atoms with Gasteiger partial charge in [0.1, 0.15) is 13.2 Å². The minimum absolute atomic E-state index is 0.128. The van der Waals surface area contributed by atoms with Gasteiger partial charge in [0, 0.05) is 10.9 Å². The van der Waals surface area contributed by atoms with E-state index in [0.717, 1.165) is 21.8 Å². The van der Waals surface area contributed by atoms with Crippen LogP contribution in [0, 0.1) is 20.8 Å². The van der Waals surface area contributed by atoms with Crippen molar-refractivity contribution in [3.8, 4) is 0 Å². The standard InChI is InChI=1S/C16H18N2O3S/c1-10-4-5-13(6-11(10)2)16(20)17-7-15(19)21-8-14-9-22-12(3)18-14/h4-6,9H,7-8H2,1-3H3,(H,17,20). The number of ether oxygens (including phenoxy) is 1. The molecule has 2 rings (SSSR count). The summed E-state index contributed by atoms with van der Waals surface area (Å²) in [6, 6.07) is 5.42. The summed E-state index contributed by atoms with van der Waals surface area (Å²) in [5.41, 5.74) is 3.41. The Labute approximate surface area is 133 Å². The van der Waals surface area contributed by atoms with Crippen LogP contribution in [0.1, 0.15) is 32.2 Å². The Morgan fingerprint density at radius 3 is 2.64 bits per heavy atom. The van der Waals surface area contributed by atoms with E-state index in [1.54, 1.807) is 12.1 Å². The fourth-order valence-electron chi connectivity index (χ4n) is 1.82. The van der Waals surface area contributed by atoms with Gasteiger partial charge in [-0.1, -0.05) is 6.07 Å². The van der Waals surface area contributed by atoms with Gasteiger partial charge in [0.05, 0.1) is 10.7 Å². The summed E-state index contributed by atoms with van der Waals surface area (Å²) < 4.78 is 5.06. The monoisotopic (exact) mass is 318 g/mol. The van der Waals surface area contributed by atoms with Crippen LogP contribution in [0.4, 0.5) is 0 Å². The molecule has 0 fully saturated rings. The molecular weight excluding hydrogens is 300 g/mol. The number of hydrogen-bond donors (Lipinski definition) is 1. The summed E-state index contributed by atoms with van der Waals surface area (Å²) in [5.74, 6) is -0.771. The first kappa shape index (κ1) is 16.2. The Balaban J connectivity index is 1.80. The molecule has 0 spiro atoms. The molecule has 0 aliphatic rings. The molecule has 1 aromatic carbocycles. The van der Waals surface area contributed by atoms with Crippen LogP contribution in [0.5, 0.6) is 0 Å². The number of amides is 1. The molecule has 1 aromatic heterocycles. The summed E-state index contributed by atoms with van der Waals surface area (Å²) >= 11 is 1.50. The molecular formula is C16H18N2O3S. The van der Waals surface area contributed by atoms with Crippen LogP contribution < -0.4 is 5.32 Å². The highest BCUT2D eigenvalue weighted by atomic mass is 32.1. The van der Waals surface area contributed by atoms with Crippen LogP contribution in [0.2, 0.25) is 0 Å². The van der Waals surface area contributed by atoms with Crippen molar-refractivity contribution < 1.29 is 14.3 Å². The minimum Gasteiger partial charge on any atom is -0.458 e. The molecule has 1 N–H and O–H groups in total. The molecule has 6 heteroatoms. The number of rotatable bonds is 5. The Kier molecular flexibility index (Phi) is 5.27. The zero-order chi connectivity index (χ0) is 16.1. The topological polar surface area (TPSA) is 68.3 Å². The maximum atomic E-state index is 12.0. The molecule has 0 saturated carbocycles. The van der Waals surface area contributed by atoms with E-state index in [1.165, 1.54) is 11.3 Å².